The van der Waals surface area contributed by atoms with E-state index in [2.05, 4.69) is 5.32 Å². The fraction of sp³-hybridized carbons (Fsp3) is 0.417. The molecule has 2 fully saturated rings. The molecule has 6 heteroatoms. The van der Waals surface area contributed by atoms with E-state index in [-0.39, 0.29) is 29.8 Å². The first kappa shape index (κ1) is 20.9. The highest BCUT2D eigenvalue weighted by Crippen LogP contribution is 2.34. The molecule has 2 aliphatic carbocycles. The van der Waals surface area contributed by atoms with Gasteiger partial charge in [0, 0.05) is 40.8 Å². The highest BCUT2D eigenvalue weighted by atomic mass is 35.5. The average molecular weight is 426 g/mol. The van der Waals surface area contributed by atoms with E-state index in [1.54, 1.807) is 24.3 Å². The van der Waals surface area contributed by atoms with Crippen molar-refractivity contribution in [3.05, 3.63) is 64.7 Å². The molecule has 0 heterocycles. The Labute approximate surface area is 182 Å². The Kier molecular flexibility index (Phi) is 6.40. The third-order valence-electron chi connectivity index (χ3n) is 6.04. The quantitative estimate of drug-likeness (QED) is 0.710. The van der Waals surface area contributed by atoms with Crippen LogP contribution in [0.15, 0.2) is 48.5 Å². The highest BCUT2D eigenvalue weighted by molar-refractivity contribution is 6.31. The van der Waals surface area contributed by atoms with Crippen molar-refractivity contribution in [2.75, 3.05) is 5.32 Å². The fourth-order valence-electron chi connectivity index (χ4n) is 4.17. The van der Waals surface area contributed by atoms with Crippen LogP contribution in [0.4, 0.5) is 5.69 Å². The van der Waals surface area contributed by atoms with E-state index in [1.165, 1.54) is 0 Å². The summed E-state index contributed by atoms with van der Waals surface area (Å²) < 4.78 is 0. The van der Waals surface area contributed by atoms with Crippen molar-refractivity contribution in [1.29, 1.82) is 0 Å². The van der Waals surface area contributed by atoms with Crippen LogP contribution in [-0.4, -0.2) is 28.8 Å². The minimum atomic E-state index is -0.205. The molecule has 2 aromatic carbocycles. The second-order valence-corrected chi connectivity index (χ2v) is 8.85. The van der Waals surface area contributed by atoms with E-state index in [0.717, 1.165) is 44.1 Å². The van der Waals surface area contributed by atoms with E-state index < -0.39 is 0 Å². The average Bonchev–Trinajstić information content (AvgIpc) is 3.59. The normalized spacial score (nSPS) is 21.1. The van der Waals surface area contributed by atoms with Gasteiger partial charge in [0.15, 0.2) is 0 Å². The van der Waals surface area contributed by atoms with E-state index in [9.17, 15) is 9.59 Å². The topological polar surface area (TPSA) is 75.4 Å². The SMILES string of the molecule is NC1CCCCC1N(Cc1ccc(NC(=O)c2cccc(Cl)c2)cc1)C(=O)C1CC1. The lowest BCUT2D eigenvalue weighted by atomic mass is 9.89. The molecular weight excluding hydrogens is 398 g/mol. The summed E-state index contributed by atoms with van der Waals surface area (Å²) in [7, 11) is 0. The molecule has 2 saturated carbocycles. The van der Waals surface area contributed by atoms with E-state index in [4.69, 9.17) is 17.3 Å². The van der Waals surface area contributed by atoms with E-state index in [1.807, 2.05) is 29.2 Å². The van der Waals surface area contributed by atoms with Crippen LogP contribution in [0.25, 0.3) is 0 Å². The molecule has 4 rings (SSSR count). The Morgan fingerprint density at radius 3 is 2.43 bits per heavy atom. The molecule has 2 atom stereocenters. The van der Waals surface area contributed by atoms with Gasteiger partial charge in [-0.2, -0.15) is 0 Å². The van der Waals surface area contributed by atoms with Crippen molar-refractivity contribution in [1.82, 2.24) is 4.90 Å². The van der Waals surface area contributed by atoms with Gasteiger partial charge in [-0.1, -0.05) is 42.6 Å². The lowest BCUT2D eigenvalue weighted by molar-refractivity contribution is -0.136. The smallest absolute Gasteiger partial charge is 0.255 e. The maximum absolute atomic E-state index is 13.0. The number of nitrogens with one attached hydrogen (secondary N) is 1. The first-order valence-corrected chi connectivity index (χ1v) is 11.1. The number of hydrogen-bond acceptors (Lipinski definition) is 3. The van der Waals surface area contributed by atoms with Gasteiger partial charge in [-0.15, -0.1) is 0 Å². The van der Waals surface area contributed by atoms with Crippen LogP contribution in [0.3, 0.4) is 0 Å². The Balaban J connectivity index is 1.44. The van der Waals surface area contributed by atoms with Crippen LogP contribution in [-0.2, 0) is 11.3 Å². The van der Waals surface area contributed by atoms with Gasteiger partial charge < -0.3 is 16.0 Å². The number of hydrogen-bond donors (Lipinski definition) is 2. The summed E-state index contributed by atoms with van der Waals surface area (Å²) in [5, 5.41) is 3.42. The number of halogens is 1. The van der Waals surface area contributed by atoms with Crippen molar-refractivity contribution in [2.24, 2.45) is 11.7 Å². The largest absolute Gasteiger partial charge is 0.334 e. The number of nitrogens with zero attached hydrogens (tertiary/aromatic N) is 1. The molecule has 158 valence electrons. The molecule has 2 amide bonds. The van der Waals surface area contributed by atoms with Crippen molar-refractivity contribution >= 4 is 29.1 Å². The van der Waals surface area contributed by atoms with Gasteiger partial charge in [0.1, 0.15) is 0 Å². The molecule has 5 nitrogen and oxygen atoms in total. The summed E-state index contributed by atoms with van der Waals surface area (Å²) >= 11 is 5.97. The van der Waals surface area contributed by atoms with E-state index >= 15 is 0 Å². The van der Waals surface area contributed by atoms with Gasteiger partial charge >= 0.3 is 0 Å². The molecule has 0 saturated heterocycles. The fourth-order valence-corrected chi connectivity index (χ4v) is 4.36. The number of nitrogens with two attached hydrogens (primary N) is 1. The van der Waals surface area contributed by atoms with Gasteiger partial charge in [0.25, 0.3) is 5.91 Å². The summed E-state index contributed by atoms with van der Waals surface area (Å²) in [6.07, 6.45) is 6.21. The van der Waals surface area contributed by atoms with Gasteiger partial charge in [-0.25, -0.2) is 0 Å². The Morgan fingerprint density at radius 1 is 1.03 bits per heavy atom. The predicted octanol–water partition coefficient (Wildman–Crippen LogP) is 4.60. The first-order chi connectivity index (χ1) is 14.5. The molecule has 30 heavy (non-hydrogen) atoms. The maximum atomic E-state index is 13.0. The minimum Gasteiger partial charge on any atom is -0.334 e. The molecule has 0 bridgehead atoms. The highest BCUT2D eigenvalue weighted by Gasteiger charge is 2.38. The summed E-state index contributed by atoms with van der Waals surface area (Å²) in [6.45, 7) is 0.566. The molecule has 3 N–H and O–H groups in total. The zero-order valence-electron chi connectivity index (χ0n) is 17.0. The molecule has 0 aliphatic heterocycles. The van der Waals surface area contributed by atoms with E-state index in [0.29, 0.717) is 22.8 Å². The molecule has 2 aliphatic rings. The summed E-state index contributed by atoms with van der Waals surface area (Å²) in [5.74, 6) is 0.218. The van der Waals surface area contributed by atoms with Crippen LogP contribution < -0.4 is 11.1 Å². The van der Waals surface area contributed by atoms with Gasteiger partial charge in [0.05, 0.1) is 0 Å². The van der Waals surface area contributed by atoms with Crippen LogP contribution >= 0.6 is 11.6 Å². The molecule has 0 aromatic heterocycles. The van der Waals surface area contributed by atoms with Crippen molar-refractivity contribution in [2.45, 2.75) is 57.2 Å². The Morgan fingerprint density at radius 2 is 1.77 bits per heavy atom. The summed E-state index contributed by atoms with van der Waals surface area (Å²) in [6, 6.07) is 14.7. The Hall–Kier alpha value is -2.37. The summed E-state index contributed by atoms with van der Waals surface area (Å²) in [5.41, 5.74) is 8.65. The zero-order chi connectivity index (χ0) is 21.1. The number of rotatable bonds is 6. The van der Waals surface area contributed by atoms with Crippen molar-refractivity contribution in [3.8, 4) is 0 Å². The third-order valence-corrected chi connectivity index (χ3v) is 6.28. The predicted molar refractivity (Wildman–Crippen MR) is 119 cm³/mol. The monoisotopic (exact) mass is 425 g/mol. The number of benzene rings is 2. The second kappa shape index (κ2) is 9.19. The van der Waals surface area contributed by atoms with Crippen LogP contribution in [0.1, 0.15) is 54.4 Å². The Bertz CT molecular complexity index is 911. The van der Waals surface area contributed by atoms with Gasteiger partial charge in [-0.05, 0) is 61.6 Å². The first-order valence-electron chi connectivity index (χ1n) is 10.7. The lowest BCUT2D eigenvalue weighted by Crippen LogP contribution is -2.52. The lowest BCUT2D eigenvalue weighted by Gasteiger charge is -2.38. The third kappa shape index (κ3) is 5.02. The standard InChI is InChI=1S/C24H28ClN3O2/c25-19-5-3-4-18(14-19)23(29)27-20-12-8-16(9-13-20)15-28(24(30)17-10-11-17)22-7-2-1-6-21(22)26/h3-5,8-9,12-14,17,21-22H,1-2,6-7,10-11,15,26H2,(H,27,29). The number of anilines is 1. The van der Waals surface area contributed by atoms with Crippen LogP contribution in [0, 0.1) is 5.92 Å². The van der Waals surface area contributed by atoms with Crippen molar-refractivity contribution in [3.63, 3.8) is 0 Å². The molecule has 0 spiro atoms. The number of amides is 2. The molecule has 2 aromatic rings. The number of carbonyl (C=O) groups excluding carboxylic acids is 2. The molecule has 2 unspecified atom stereocenters. The second-order valence-electron chi connectivity index (χ2n) is 8.42. The molecular formula is C24H28ClN3O2. The minimum absolute atomic E-state index is 0.0534. The molecule has 0 radical (unpaired) electrons. The van der Waals surface area contributed by atoms with Crippen LogP contribution in [0.2, 0.25) is 5.02 Å². The van der Waals surface area contributed by atoms with Crippen LogP contribution in [0.5, 0.6) is 0 Å². The maximum Gasteiger partial charge on any atom is 0.255 e. The zero-order valence-corrected chi connectivity index (χ0v) is 17.8. The van der Waals surface area contributed by atoms with Crippen molar-refractivity contribution < 1.29 is 9.59 Å². The summed E-state index contributed by atoms with van der Waals surface area (Å²) in [4.78, 5) is 27.4. The van der Waals surface area contributed by atoms with Gasteiger partial charge in [-0.3, -0.25) is 9.59 Å². The van der Waals surface area contributed by atoms with Gasteiger partial charge in [0.2, 0.25) is 5.91 Å². The number of carbonyl (C=O) groups is 2.